The second kappa shape index (κ2) is 9.45. The number of anilines is 1. The molecule has 7 heteroatoms. The molecule has 0 aromatic heterocycles. The lowest BCUT2D eigenvalue weighted by Gasteiger charge is -2.09. The van der Waals surface area contributed by atoms with Crippen molar-refractivity contribution in [3.05, 3.63) is 95.6 Å². The maximum atomic E-state index is 13.5. The van der Waals surface area contributed by atoms with Gasteiger partial charge in [0.1, 0.15) is 29.7 Å². The fraction of sp³-hybridized carbons (Fsp3) is 0.0909. The standard InChI is InChI=1S/C22H17F2NO4/c23-18-10-5-11-19(24)21(18)25-20(26)14-29-22(27)16-8-4-9-17(12-16)28-13-15-6-2-1-3-7-15/h1-12H,13-14H2,(H,25,26). The highest BCUT2D eigenvalue weighted by atomic mass is 19.1. The number of carbonyl (C=O) groups excluding carboxylic acids is 2. The zero-order valence-electron chi connectivity index (χ0n) is 15.2. The number of carbonyl (C=O) groups is 2. The number of esters is 1. The van der Waals surface area contributed by atoms with Gasteiger partial charge in [0.15, 0.2) is 6.61 Å². The van der Waals surface area contributed by atoms with Crippen molar-refractivity contribution in [1.82, 2.24) is 0 Å². The molecular weight excluding hydrogens is 380 g/mol. The maximum Gasteiger partial charge on any atom is 0.338 e. The predicted molar refractivity (Wildman–Crippen MR) is 102 cm³/mol. The van der Waals surface area contributed by atoms with Crippen LogP contribution in [0.2, 0.25) is 0 Å². The van der Waals surface area contributed by atoms with Gasteiger partial charge < -0.3 is 14.8 Å². The van der Waals surface area contributed by atoms with Crippen LogP contribution in [0.1, 0.15) is 15.9 Å². The van der Waals surface area contributed by atoms with E-state index in [9.17, 15) is 18.4 Å². The van der Waals surface area contributed by atoms with Crippen LogP contribution < -0.4 is 10.1 Å². The zero-order valence-corrected chi connectivity index (χ0v) is 15.2. The Balaban J connectivity index is 1.54. The van der Waals surface area contributed by atoms with Gasteiger partial charge >= 0.3 is 5.97 Å². The van der Waals surface area contributed by atoms with Gasteiger partial charge in [-0.3, -0.25) is 4.79 Å². The normalized spacial score (nSPS) is 10.3. The lowest BCUT2D eigenvalue weighted by molar-refractivity contribution is -0.119. The number of rotatable bonds is 7. The summed E-state index contributed by atoms with van der Waals surface area (Å²) in [7, 11) is 0. The highest BCUT2D eigenvalue weighted by Crippen LogP contribution is 2.18. The Kier molecular flexibility index (Phi) is 6.52. The summed E-state index contributed by atoms with van der Waals surface area (Å²) in [5.41, 5.74) is 0.558. The van der Waals surface area contributed by atoms with E-state index in [-0.39, 0.29) is 5.56 Å². The summed E-state index contributed by atoms with van der Waals surface area (Å²) < 4.78 is 37.6. The number of hydrogen-bond acceptors (Lipinski definition) is 4. The van der Waals surface area contributed by atoms with E-state index in [0.29, 0.717) is 12.4 Å². The molecule has 0 bridgehead atoms. The highest BCUT2D eigenvalue weighted by Gasteiger charge is 2.15. The summed E-state index contributed by atoms with van der Waals surface area (Å²) in [4.78, 5) is 24.0. The van der Waals surface area contributed by atoms with Gasteiger partial charge in [-0.1, -0.05) is 42.5 Å². The molecule has 3 rings (SSSR count). The van der Waals surface area contributed by atoms with E-state index in [1.54, 1.807) is 12.1 Å². The van der Waals surface area contributed by atoms with E-state index in [2.05, 4.69) is 0 Å². The fourth-order valence-corrected chi connectivity index (χ4v) is 2.46. The van der Waals surface area contributed by atoms with E-state index >= 15 is 0 Å². The average Bonchev–Trinajstić information content (AvgIpc) is 2.74. The molecule has 3 aromatic carbocycles. The number of para-hydroxylation sites is 1. The molecular formula is C22H17F2NO4. The van der Waals surface area contributed by atoms with Crippen LogP contribution in [0.3, 0.4) is 0 Å². The molecule has 148 valence electrons. The molecule has 0 spiro atoms. The van der Waals surface area contributed by atoms with Crippen LogP contribution in [0.25, 0.3) is 0 Å². The lowest BCUT2D eigenvalue weighted by atomic mass is 10.2. The van der Waals surface area contributed by atoms with E-state index in [1.165, 1.54) is 18.2 Å². The summed E-state index contributed by atoms with van der Waals surface area (Å²) in [6, 6.07) is 19.0. The molecule has 0 radical (unpaired) electrons. The summed E-state index contributed by atoms with van der Waals surface area (Å²) in [6.07, 6.45) is 0. The Hall–Kier alpha value is -3.74. The van der Waals surface area contributed by atoms with Crippen molar-refractivity contribution in [3.63, 3.8) is 0 Å². The van der Waals surface area contributed by atoms with E-state index in [0.717, 1.165) is 17.7 Å². The molecule has 0 saturated heterocycles. The minimum absolute atomic E-state index is 0.181. The van der Waals surface area contributed by atoms with Crippen LogP contribution >= 0.6 is 0 Å². The van der Waals surface area contributed by atoms with Gasteiger partial charge in [-0.15, -0.1) is 0 Å². The van der Waals surface area contributed by atoms with Crippen molar-refractivity contribution < 1.29 is 27.8 Å². The van der Waals surface area contributed by atoms with Crippen LogP contribution in [-0.2, 0) is 16.1 Å². The molecule has 0 atom stereocenters. The van der Waals surface area contributed by atoms with Crippen LogP contribution in [-0.4, -0.2) is 18.5 Å². The first-order valence-corrected chi connectivity index (χ1v) is 8.70. The zero-order chi connectivity index (χ0) is 20.6. The number of ether oxygens (including phenoxy) is 2. The Bertz CT molecular complexity index is 988. The topological polar surface area (TPSA) is 64.6 Å². The summed E-state index contributed by atoms with van der Waals surface area (Å²) in [6.45, 7) is -0.363. The van der Waals surface area contributed by atoms with E-state index in [1.807, 2.05) is 35.6 Å². The van der Waals surface area contributed by atoms with E-state index in [4.69, 9.17) is 9.47 Å². The lowest BCUT2D eigenvalue weighted by Crippen LogP contribution is -2.22. The first-order valence-electron chi connectivity index (χ1n) is 8.70. The van der Waals surface area contributed by atoms with Crippen LogP contribution in [0.5, 0.6) is 5.75 Å². The van der Waals surface area contributed by atoms with Gasteiger partial charge in [-0.05, 0) is 35.9 Å². The molecule has 0 aliphatic carbocycles. The molecule has 1 N–H and O–H groups in total. The molecule has 1 amide bonds. The number of hydrogen-bond donors (Lipinski definition) is 1. The van der Waals surface area contributed by atoms with Gasteiger partial charge in [0.05, 0.1) is 5.56 Å². The van der Waals surface area contributed by atoms with Crippen molar-refractivity contribution in [2.75, 3.05) is 11.9 Å². The molecule has 0 heterocycles. The molecule has 0 aliphatic rings. The van der Waals surface area contributed by atoms with Crippen LogP contribution in [0, 0.1) is 11.6 Å². The maximum absolute atomic E-state index is 13.5. The number of amides is 1. The van der Waals surface area contributed by atoms with Gasteiger partial charge in [0.2, 0.25) is 0 Å². The first-order chi connectivity index (χ1) is 14.0. The van der Waals surface area contributed by atoms with Crippen molar-refractivity contribution in [3.8, 4) is 5.75 Å². The molecule has 0 saturated carbocycles. The Morgan fingerprint density at radius 2 is 1.55 bits per heavy atom. The minimum Gasteiger partial charge on any atom is -0.489 e. The smallest absolute Gasteiger partial charge is 0.338 e. The molecule has 3 aromatic rings. The summed E-state index contributed by atoms with van der Waals surface area (Å²) in [5.74, 6) is -3.01. The second-order valence-corrected chi connectivity index (χ2v) is 6.02. The molecule has 5 nitrogen and oxygen atoms in total. The number of benzene rings is 3. The third-order valence-corrected chi connectivity index (χ3v) is 3.88. The van der Waals surface area contributed by atoms with Crippen molar-refractivity contribution >= 4 is 17.6 Å². The predicted octanol–water partition coefficient (Wildman–Crippen LogP) is 4.34. The molecule has 0 aliphatic heterocycles. The number of halogens is 2. The molecule has 0 fully saturated rings. The Labute approximate surface area is 165 Å². The third-order valence-electron chi connectivity index (χ3n) is 3.88. The van der Waals surface area contributed by atoms with Crippen molar-refractivity contribution in [2.24, 2.45) is 0 Å². The summed E-state index contributed by atoms with van der Waals surface area (Å²) >= 11 is 0. The Morgan fingerprint density at radius 3 is 2.28 bits per heavy atom. The fourth-order valence-electron chi connectivity index (χ4n) is 2.46. The second-order valence-electron chi connectivity index (χ2n) is 6.02. The quantitative estimate of drug-likeness (QED) is 0.603. The third kappa shape index (κ3) is 5.62. The van der Waals surface area contributed by atoms with Gasteiger partial charge in [-0.2, -0.15) is 0 Å². The Morgan fingerprint density at radius 1 is 0.862 bits per heavy atom. The largest absolute Gasteiger partial charge is 0.489 e. The van der Waals surface area contributed by atoms with Crippen molar-refractivity contribution in [2.45, 2.75) is 6.61 Å². The van der Waals surface area contributed by atoms with Crippen LogP contribution in [0.15, 0.2) is 72.8 Å². The SMILES string of the molecule is O=C(COC(=O)c1cccc(OCc2ccccc2)c1)Nc1c(F)cccc1F. The monoisotopic (exact) mass is 397 g/mol. The van der Waals surface area contributed by atoms with Gasteiger partial charge in [-0.25, -0.2) is 13.6 Å². The summed E-state index contributed by atoms with van der Waals surface area (Å²) in [5, 5.41) is 2.04. The molecule has 29 heavy (non-hydrogen) atoms. The van der Waals surface area contributed by atoms with Gasteiger partial charge in [0, 0.05) is 0 Å². The average molecular weight is 397 g/mol. The first kappa shape index (κ1) is 20.0. The number of nitrogens with one attached hydrogen (secondary N) is 1. The minimum atomic E-state index is -0.923. The van der Waals surface area contributed by atoms with Crippen LogP contribution in [0.4, 0.5) is 14.5 Å². The molecule has 0 unspecified atom stereocenters. The van der Waals surface area contributed by atoms with Crippen molar-refractivity contribution in [1.29, 1.82) is 0 Å². The highest BCUT2D eigenvalue weighted by molar-refractivity contribution is 5.95. The van der Waals surface area contributed by atoms with E-state index < -0.39 is 35.8 Å². The van der Waals surface area contributed by atoms with Gasteiger partial charge in [0.25, 0.3) is 5.91 Å².